The van der Waals surface area contributed by atoms with Gasteiger partial charge in [0.1, 0.15) is 18.1 Å². The number of nitrogens with one attached hydrogen (secondary N) is 3. The molecule has 5 atom stereocenters. The van der Waals surface area contributed by atoms with Gasteiger partial charge in [-0.3, -0.25) is 14.4 Å². The largest absolute Gasteiger partial charge is 0.480 e. The number of carbonyl (C=O) groups excluding carboxylic acids is 3. The lowest BCUT2D eigenvalue weighted by molar-refractivity contribution is -0.144. The number of carbonyl (C=O) groups is 4. The smallest absolute Gasteiger partial charge is 0.326 e. The minimum absolute atomic E-state index is 0.166. The van der Waals surface area contributed by atoms with Crippen LogP contribution in [0.3, 0.4) is 0 Å². The molecule has 0 heterocycles. The van der Waals surface area contributed by atoms with Gasteiger partial charge in [0.2, 0.25) is 17.7 Å². The third-order valence-electron chi connectivity index (χ3n) is 4.86. The van der Waals surface area contributed by atoms with Gasteiger partial charge in [-0.25, -0.2) is 4.79 Å². The molecule has 0 rings (SSSR count). The highest BCUT2D eigenvalue weighted by Gasteiger charge is 2.31. The van der Waals surface area contributed by atoms with E-state index in [1.165, 1.54) is 11.8 Å². The van der Waals surface area contributed by atoms with Gasteiger partial charge in [0.05, 0.1) is 12.6 Å². The first-order valence-electron chi connectivity index (χ1n) is 9.99. The van der Waals surface area contributed by atoms with E-state index in [0.29, 0.717) is 12.2 Å². The van der Waals surface area contributed by atoms with Crippen LogP contribution in [-0.4, -0.2) is 76.7 Å². The number of nitrogens with two attached hydrogens (primary N) is 1. The number of hydrogen-bond acceptors (Lipinski definition) is 7. The van der Waals surface area contributed by atoms with Gasteiger partial charge >= 0.3 is 5.97 Å². The lowest BCUT2D eigenvalue weighted by Gasteiger charge is -2.26. The maximum absolute atomic E-state index is 12.7. The van der Waals surface area contributed by atoms with Crippen molar-refractivity contribution < 1.29 is 29.4 Å². The second kappa shape index (κ2) is 14.2. The molecule has 5 unspecified atom stereocenters. The first-order valence-corrected chi connectivity index (χ1v) is 11.4. The maximum atomic E-state index is 12.7. The normalized spacial score (nSPS) is 16.1. The number of carboxylic acid groups (broad SMARTS) is 1. The Labute approximate surface area is 182 Å². The molecule has 0 bridgehead atoms. The molecule has 0 aliphatic rings. The Balaban J connectivity index is 5.28. The number of hydrogen-bond donors (Lipinski definition) is 6. The zero-order valence-corrected chi connectivity index (χ0v) is 19.1. The molecular formula is C19H36N4O6S. The van der Waals surface area contributed by atoms with Crippen LogP contribution in [0.25, 0.3) is 0 Å². The molecule has 174 valence electrons. The Bertz CT molecular complexity index is 589. The van der Waals surface area contributed by atoms with E-state index in [0.717, 1.165) is 0 Å². The molecule has 0 radical (unpaired) electrons. The highest BCUT2D eigenvalue weighted by molar-refractivity contribution is 7.98. The van der Waals surface area contributed by atoms with Crippen molar-refractivity contribution >= 4 is 35.5 Å². The van der Waals surface area contributed by atoms with Crippen LogP contribution in [-0.2, 0) is 19.2 Å². The molecule has 0 spiro atoms. The van der Waals surface area contributed by atoms with Crippen molar-refractivity contribution in [2.75, 3.05) is 18.6 Å². The summed E-state index contributed by atoms with van der Waals surface area (Å²) < 4.78 is 0. The summed E-state index contributed by atoms with van der Waals surface area (Å²) in [4.78, 5) is 48.8. The van der Waals surface area contributed by atoms with Gasteiger partial charge in [-0.15, -0.1) is 0 Å². The highest BCUT2D eigenvalue weighted by Crippen LogP contribution is 2.10. The fourth-order valence-corrected chi connectivity index (χ4v) is 2.95. The molecule has 11 heteroatoms. The van der Waals surface area contributed by atoms with Crippen LogP contribution in [0.4, 0.5) is 0 Å². The first kappa shape index (κ1) is 28.1. The van der Waals surface area contributed by atoms with Crippen molar-refractivity contribution in [3.63, 3.8) is 0 Å². The third-order valence-corrected chi connectivity index (χ3v) is 5.50. The summed E-state index contributed by atoms with van der Waals surface area (Å²) >= 11 is 1.46. The molecule has 3 amide bonds. The van der Waals surface area contributed by atoms with Gasteiger partial charge in [-0.1, -0.05) is 34.1 Å². The van der Waals surface area contributed by atoms with Crippen molar-refractivity contribution in [2.45, 2.75) is 64.7 Å². The Morgan fingerprint density at radius 3 is 1.93 bits per heavy atom. The van der Waals surface area contributed by atoms with E-state index in [4.69, 9.17) is 5.73 Å². The molecule has 0 aromatic heterocycles. The van der Waals surface area contributed by atoms with Crippen molar-refractivity contribution in [3.05, 3.63) is 0 Å². The summed E-state index contributed by atoms with van der Waals surface area (Å²) in [6, 6.07) is -4.24. The van der Waals surface area contributed by atoms with Gasteiger partial charge < -0.3 is 31.9 Å². The van der Waals surface area contributed by atoms with E-state index >= 15 is 0 Å². The molecule has 7 N–H and O–H groups in total. The molecule has 10 nitrogen and oxygen atoms in total. The van der Waals surface area contributed by atoms with Crippen molar-refractivity contribution in [2.24, 2.45) is 17.6 Å². The summed E-state index contributed by atoms with van der Waals surface area (Å²) in [6.45, 7) is 6.35. The third kappa shape index (κ3) is 9.31. The van der Waals surface area contributed by atoms with Crippen LogP contribution in [0, 0.1) is 11.8 Å². The van der Waals surface area contributed by atoms with Gasteiger partial charge in [-0.2, -0.15) is 11.8 Å². The van der Waals surface area contributed by atoms with Crippen LogP contribution in [0.5, 0.6) is 0 Å². The molecule has 0 aliphatic heterocycles. The number of aliphatic hydroxyl groups is 1. The Morgan fingerprint density at radius 1 is 0.967 bits per heavy atom. The van der Waals surface area contributed by atoms with E-state index in [-0.39, 0.29) is 18.3 Å². The van der Waals surface area contributed by atoms with Crippen LogP contribution in [0.1, 0.15) is 40.5 Å². The fraction of sp³-hybridized carbons (Fsp3) is 0.789. The summed E-state index contributed by atoms with van der Waals surface area (Å²) in [5.41, 5.74) is 5.76. The molecule has 0 aromatic carbocycles. The van der Waals surface area contributed by atoms with E-state index in [1.807, 2.05) is 13.2 Å². The molecule has 0 saturated heterocycles. The quantitative estimate of drug-likeness (QED) is 0.202. The maximum Gasteiger partial charge on any atom is 0.326 e. The standard InChI is InChI=1S/C19H36N4O6S/c1-6-11(4)15(19(28)29)23-16(25)12(7-8-30-5)21-17(26)13(9-24)22-18(27)14(20)10(2)3/h10-15,24H,6-9,20H2,1-5H3,(H,21,26)(H,22,27)(H,23,25)(H,28,29). The number of thioether (sulfide) groups is 1. The minimum atomic E-state index is -1.28. The van der Waals surface area contributed by atoms with Crippen LogP contribution in [0.2, 0.25) is 0 Å². The van der Waals surface area contributed by atoms with E-state index in [1.54, 1.807) is 20.8 Å². The second-order valence-corrected chi connectivity index (χ2v) is 8.55. The summed E-state index contributed by atoms with van der Waals surface area (Å²) in [5, 5.41) is 26.3. The zero-order chi connectivity index (χ0) is 23.4. The highest BCUT2D eigenvalue weighted by atomic mass is 32.2. The monoisotopic (exact) mass is 448 g/mol. The lowest BCUT2D eigenvalue weighted by atomic mass is 9.98. The lowest BCUT2D eigenvalue weighted by Crippen LogP contribution is -2.59. The van der Waals surface area contributed by atoms with Crippen LogP contribution in [0.15, 0.2) is 0 Å². The number of amides is 3. The minimum Gasteiger partial charge on any atom is -0.480 e. The molecule has 0 fully saturated rings. The van der Waals surface area contributed by atoms with Gasteiger partial charge in [-0.05, 0) is 30.3 Å². The van der Waals surface area contributed by atoms with Crippen LogP contribution < -0.4 is 21.7 Å². The first-order chi connectivity index (χ1) is 14.0. The van der Waals surface area contributed by atoms with Gasteiger partial charge in [0.25, 0.3) is 0 Å². The molecular weight excluding hydrogens is 412 g/mol. The Morgan fingerprint density at radius 2 is 1.50 bits per heavy atom. The zero-order valence-electron chi connectivity index (χ0n) is 18.3. The topological polar surface area (TPSA) is 171 Å². The number of aliphatic hydroxyl groups excluding tert-OH is 1. The van der Waals surface area contributed by atoms with Gasteiger partial charge in [0.15, 0.2) is 0 Å². The Kier molecular flexibility index (Phi) is 13.3. The number of carboxylic acids is 1. The predicted octanol–water partition coefficient (Wildman–Crippen LogP) is -0.700. The number of rotatable bonds is 14. The average Bonchev–Trinajstić information content (AvgIpc) is 2.70. The SMILES string of the molecule is CCC(C)C(NC(=O)C(CCSC)NC(=O)C(CO)NC(=O)C(N)C(C)C)C(=O)O. The number of aliphatic carboxylic acids is 1. The molecule has 0 aliphatic carbocycles. The molecule has 0 saturated carbocycles. The Hall–Kier alpha value is -1.85. The van der Waals surface area contributed by atoms with Crippen molar-refractivity contribution in [1.29, 1.82) is 0 Å². The van der Waals surface area contributed by atoms with E-state index in [9.17, 15) is 29.4 Å². The predicted molar refractivity (Wildman–Crippen MR) is 116 cm³/mol. The van der Waals surface area contributed by atoms with E-state index < -0.39 is 54.5 Å². The van der Waals surface area contributed by atoms with Crippen molar-refractivity contribution in [3.8, 4) is 0 Å². The van der Waals surface area contributed by atoms with Crippen LogP contribution >= 0.6 is 11.8 Å². The van der Waals surface area contributed by atoms with Crippen molar-refractivity contribution in [1.82, 2.24) is 16.0 Å². The molecule has 0 aromatic rings. The van der Waals surface area contributed by atoms with E-state index in [2.05, 4.69) is 16.0 Å². The van der Waals surface area contributed by atoms with Gasteiger partial charge in [0, 0.05) is 0 Å². The summed E-state index contributed by atoms with van der Waals surface area (Å²) in [6.07, 6.45) is 2.64. The average molecular weight is 449 g/mol. The second-order valence-electron chi connectivity index (χ2n) is 7.57. The summed E-state index contributed by atoms with van der Waals surface area (Å²) in [7, 11) is 0. The molecule has 30 heavy (non-hydrogen) atoms. The fourth-order valence-electron chi connectivity index (χ4n) is 2.48. The summed E-state index contributed by atoms with van der Waals surface area (Å²) in [5.74, 6) is -3.06.